The van der Waals surface area contributed by atoms with Crippen molar-refractivity contribution in [3.05, 3.63) is 192 Å². The van der Waals surface area contributed by atoms with E-state index in [9.17, 15) is 0 Å². The van der Waals surface area contributed by atoms with Crippen molar-refractivity contribution in [2.45, 2.75) is 25.2 Å². The van der Waals surface area contributed by atoms with Gasteiger partial charge in [-0.1, -0.05) is 128 Å². The van der Waals surface area contributed by atoms with Gasteiger partial charge in [-0.05, 0) is 126 Å². The quantitative estimate of drug-likeness (QED) is 0.185. The molecule has 2 nitrogen and oxygen atoms in total. The molecule has 0 amide bonds. The van der Waals surface area contributed by atoms with Gasteiger partial charge in [-0.25, -0.2) is 4.98 Å². The van der Waals surface area contributed by atoms with Crippen LogP contribution >= 0.6 is 0 Å². The van der Waals surface area contributed by atoms with Crippen molar-refractivity contribution in [3.8, 4) is 39.1 Å². The molecule has 1 spiro atoms. The smallest absolute Gasteiger partial charge is 0.114 e. The summed E-state index contributed by atoms with van der Waals surface area (Å²) >= 11 is 0. The molecule has 11 rings (SSSR count). The van der Waals surface area contributed by atoms with Crippen LogP contribution in [-0.2, 0) is 11.8 Å². The Hall–Kier alpha value is -6.25. The van der Waals surface area contributed by atoms with Gasteiger partial charge in [0.15, 0.2) is 0 Å². The molecule has 2 aliphatic carbocycles. The van der Waals surface area contributed by atoms with E-state index in [1.165, 1.54) is 77.2 Å². The van der Waals surface area contributed by atoms with Crippen LogP contribution in [0, 0.1) is 0 Å². The number of para-hydroxylation sites is 2. The standard InChI is InChI=1S/C49H34N2/c1-2-11-47-50-45-18-9-10-19-46(45)51(47)36-25-22-31(23-26-36)33-20-21-34-29-40-44(30-35(34)28-33)49(43-27-24-32-12-3-4-13-37(32)48(40)43)41-16-7-5-14-38(41)39-15-6-8-17-42(39)49/h3-10,12-30H,2,11H2,1H3. The average Bonchev–Trinajstić information content (AvgIpc) is 3.80. The molecule has 0 aliphatic heterocycles. The highest BCUT2D eigenvalue weighted by Crippen LogP contribution is 2.64. The third-order valence-electron chi connectivity index (χ3n) is 11.5. The van der Waals surface area contributed by atoms with Gasteiger partial charge in [-0.3, -0.25) is 4.57 Å². The second-order valence-corrected chi connectivity index (χ2v) is 14.2. The Kier molecular flexibility index (Phi) is 5.95. The number of benzene rings is 8. The Balaban J connectivity index is 1.11. The van der Waals surface area contributed by atoms with Gasteiger partial charge in [-0.2, -0.15) is 0 Å². The predicted octanol–water partition coefficient (Wildman–Crippen LogP) is 12.3. The largest absolute Gasteiger partial charge is 0.296 e. The van der Waals surface area contributed by atoms with Gasteiger partial charge in [-0.15, -0.1) is 0 Å². The van der Waals surface area contributed by atoms with E-state index in [-0.39, 0.29) is 5.41 Å². The normalized spacial score (nSPS) is 13.5. The van der Waals surface area contributed by atoms with Gasteiger partial charge in [0.25, 0.3) is 0 Å². The van der Waals surface area contributed by atoms with Crippen LogP contribution in [0.25, 0.3) is 71.6 Å². The van der Waals surface area contributed by atoms with Crippen molar-refractivity contribution in [2.24, 2.45) is 0 Å². The molecular weight excluding hydrogens is 617 g/mol. The van der Waals surface area contributed by atoms with Gasteiger partial charge in [0.1, 0.15) is 5.82 Å². The number of aromatic nitrogens is 2. The first-order chi connectivity index (χ1) is 25.2. The van der Waals surface area contributed by atoms with E-state index in [0.717, 1.165) is 35.4 Å². The molecule has 0 N–H and O–H groups in total. The van der Waals surface area contributed by atoms with Gasteiger partial charge in [0, 0.05) is 12.1 Å². The number of aryl methyl sites for hydroxylation is 1. The van der Waals surface area contributed by atoms with E-state index in [2.05, 4.69) is 175 Å². The van der Waals surface area contributed by atoms with Crippen LogP contribution < -0.4 is 0 Å². The lowest BCUT2D eigenvalue weighted by molar-refractivity contribution is 0.795. The highest BCUT2D eigenvalue weighted by atomic mass is 15.1. The maximum absolute atomic E-state index is 4.98. The highest BCUT2D eigenvalue weighted by molar-refractivity contribution is 6.08. The number of hydrogen-bond acceptors (Lipinski definition) is 1. The maximum Gasteiger partial charge on any atom is 0.114 e. The first-order valence-corrected chi connectivity index (χ1v) is 18.1. The zero-order valence-corrected chi connectivity index (χ0v) is 28.4. The molecule has 51 heavy (non-hydrogen) atoms. The van der Waals surface area contributed by atoms with E-state index >= 15 is 0 Å². The number of hydrogen-bond donors (Lipinski definition) is 0. The summed E-state index contributed by atoms with van der Waals surface area (Å²) in [5, 5.41) is 5.13. The summed E-state index contributed by atoms with van der Waals surface area (Å²) in [4.78, 5) is 4.98. The molecule has 240 valence electrons. The van der Waals surface area contributed by atoms with Crippen LogP contribution in [0.4, 0.5) is 0 Å². The van der Waals surface area contributed by atoms with Crippen LogP contribution in [-0.4, -0.2) is 9.55 Å². The van der Waals surface area contributed by atoms with E-state index in [1.54, 1.807) is 0 Å². The van der Waals surface area contributed by atoms with Gasteiger partial charge < -0.3 is 0 Å². The second-order valence-electron chi connectivity index (χ2n) is 14.2. The minimum Gasteiger partial charge on any atom is -0.296 e. The molecule has 0 unspecified atom stereocenters. The molecule has 2 heteroatoms. The fraction of sp³-hybridized carbons (Fsp3) is 0.0816. The SMILES string of the molecule is CCCc1nc2ccccc2n1-c1ccc(-c2ccc3cc4c(cc3c2)C2(c3ccccc3-c3ccccc32)c2ccc3ccccc3c2-4)cc1. The van der Waals surface area contributed by atoms with Crippen molar-refractivity contribution in [1.82, 2.24) is 9.55 Å². The zero-order valence-electron chi connectivity index (χ0n) is 28.4. The Labute approximate surface area is 297 Å². The molecule has 0 saturated carbocycles. The Bertz CT molecular complexity index is 2830. The maximum atomic E-state index is 4.98. The van der Waals surface area contributed by atoms with Gasteiger partial charge in [0.05, 0.1) is 16.4 Å². The van der Waals surface area contributed by atoms with E-state index in [1.807, 2.05) is 0 Å². The van der Waals surface area contributed by atoms with Crippen molar-refractivity contribution in [2.75, 3.05) is 0 Å². The molecule has 1 heterocycles. The molecule has 0 fully saturated rings. The lowest BCUT2D eigenvalue weighted by Gasteiger charge is -2.30. The summed E-state index contributed by atoms with van der Waals surface area (Å²) in [6.45, 7) is 2.22. The second kappa shape index (κ2) is 10.6. The summed E-state index contributed by atoms with van der Waals surface area (Å²) in [5.74, 6) is 1.11. The van der Waals surface area contributed by atoms with E-state index in [4.69, 9.17) is 4.98 Å². The van der Waals surface area contributed by atoms with Crippen LogP contribution in [0.2, 0.25) is 0 Å². The van der Waals surface area contributed by atoms with Crippen LogP contribution in [0.3, 0.4) is 0 Å². The van der Waals surface area contributed by atoms with Crippen LogP contribution in [0.5, 0.6) is 0 Å². The molecule has 0 bridgehead atoms. The lowest BCUT2D eigenvalue weighted by atomic mass is 9.70. The molecule has 0 saturated heterocycles. The minimum atomic E-state index is -0.377. The fourth-order valence-corrected chi connectivity index (χ4v) is 9.39. The van der Waals surface area contributed by atoms with E-state index in [0.29, 0.717) is 0 Å². The Morgan fingerprint density at radius 1 is 0.510 bits per heavy atom. The minimum absolute atomic E-state index is 0.377. The summed E-state index contributed by atoms with van der Waals surface area (Å²) in [6, 6.07) is 61.2. The third-order valence-corrected chi connectivity index (χ3v) is 11.5. The van der Waals surface area contributed by atoms with Crippen molar-refractivity contribution in [1.29, 1.82) is 0 Å². The summed E-state index contributed by atoms with van der Waals surface area (Å²) < 4.78 is 2.32. The van der Waals surface area contributed by atoms with Crippen LogP contribution in [0.15, 0.2) is 164 Å². The predicted molar refractivity (Wildman–Crippen MR) is 212 cm³/mol. The van der Waals surface area contributed by atoms with Crippen LogP contribution in [0.1, 0.15) is 41.4 Å². The molecule has 9 aromatic rings. The van der Waals surface area contributed by atoms with Gasteiger partial charge in [0.2, 0.25) is 0 Å². The van der Waals surface area contributed by atoms with Crippen molar-refractivity contribution >= 4 is 32.6 Å². The molecule has 0 radical (unpaired) electrons. The highest BCUT2D eigenvalue weighted by Gasteiger charge is 2.52. The molecule has 1 aromatic heterocycles. The Morgan fingerprint density at radius 3 is 2.00 bits per heavy atom. The number of fused-ring (bicyclic) bond motifs is 14. The first-order valence-electron chi connectivity index (χ1n) is 18.1. The van der Waals surface area contributed by atoms with Crippen molar-refractivity contribution in [3.63, 3.8) is 0 Å². The zero-order chi connectivity index (χ0) is 33.7. The number of nitrogens with zero attached hydrogens (tertiary/aromatic N) is 2. The molecular formula is C49H34N2. The summed E-state index contributed by atoms with van der Waals surface area (Å²) in [5.41, 5.74) is 16.3. The number of rotatable bonds is 4. The topological polar surface area (TPSA) is 17.8 Å². The third kappa shape index (κ3) is 3.85. The average molecular weight is 651 g/mol. The van der Waals surface area contributed by atoms with Gasteiger partial charge >= 0.3 is 0 Å². The fourth-order valence-electron chi connectivity index (χ4n) is 9.39. The number of imidazole rings is 1. The van der Waals surface area contributed by atoms with Crippen molar-refractivity contribution < 1.29 is 0 Å². The Morgan fingerprint density at radius 2 is 1.20 bits per heavy atom. The molecule has 0 atom stereocenters. The first kappa shape index (κ1) is 28.6. The molecule has 8 aromatic carbocycles. The lowest BCUT2D eigenvalue weighted by Crippen LogP contribution is -2.25. The summed E-state index contributed by atoms with van der Waals surface area (Å²) in [7, 11) is 0. The monoisotopic (exact) mass is 650 g/mol. The molecule has 2 aliphatic rings. The summed E-state index contributed by atoms with van der Waals surface area (Å²) in [6.07, 6.45) is 2.00. The van der Waals surface area contributed by atoms with E-state index < -0.39 is 0 Å².